The monoisotopic (exact) mass is 333 g/mol. The first-order valence-corrected chi connectivity index (χ1v) is 8.02. The summed E-state index contributed by atoms with van der Waals surface area (Å²) in [5.74, 6) is 0.838. The Morgan fingerprint density at radius 2 is 1.78 bits per heavy atom. The number of rotatable bonds is 7. The Morgan fingerprint density at radius 1 is 1.13 bits per heavy atom. The molecule has 0 saturated carbocycles. The van der Waals surface area contributed by atoms with Crippen LogP contribution >= 0.6 is 11.8 Å². The second kappa shape index (κ2) is 7.92. The van der Waals surface area contributed by atoms with Gasteiger partial charge in [0, 0.05) is 6.20 Å². The van der Waals surface area contributed by atoms with E-state index in [-0.39, 0.29) is 17.0 Å². The van der Waals surface area contributed by atoms with Gasteiger partial charge in [-0.05, 0) is 18.1 Å². The molecule has 122 valence electrons. The number of aromatic nitrogens is 3. The minimum absolute atomic E-state index is 0.0454. The van der Waals surface area contributed by atoms with Gasteiger partial charge in [-0.15, -0.1) is 0 Å². The summed E-state index contributed by atoms with van der Waals surface area (Å²) in [5.41, 5.74) is 0.438. The van der Waals surface area contributed by atoms with E-state index in [1.54, 1.807) is 30.5 Å². The van der Waals surface area contributed by atoms with E-state index in [1.165, 1.54) is 26.0 Å². The van der Waals surface area contributed by atoms with Crippen molar-refractivity contribution in [2.24, 2.45) is 5.92 Å². The summed E-state index contributed by atoms with van der Waals surface area (Å²) >= 11 is 1.29. The number of nitrogens with zero attached hydrogens (tertiary/aromatic N) is 3. The molecule has 7 heteroatoms. The van der Waals surface area contributed by atoms with Crippen molar-refractivity contribution in [3.05, 3.63) is 36.2 Å². The number of thioether (sulfide) groups is 1. The average molecular weight is 333 g/mol. The van der Waals surface area contributed by atoms with Crippen molar-refractivity contribution in [2.45, 2.75) is 24.3 Å². The van der Waals surface area contributed by atoms with Gasteiger partial charge in [0.15, 0.2) is 10.9 Å². The molecule has 0 amide bonds. The molecule has 1 unspecified atom stereocenters. The number of methoxy groups -OCH3 is 2. The summed E-state index contributed by atoms with van der Waals surface area (Å²) < 4.78 is 10.3. The van der Waals surface area contributed by atoms with Crippen molar-refractivity contribution in [2.75, 3.05) is 14.2 Å². The Kier molecular flexibility index (Phi) is 5.92. The molecule has 2 aromatic rings. The predicted octanol–water partition coefficient (Wildman–Crippen LogP) is 2.89. The van der Waals surface area contributed by atoms with Crippen LogP contribution in [0.15, 0.2) is 35.6 Å². The Hall–Kier alpha value is -2.15. The highest BCUT2D eigenvalue weighted by Gasteiger charge is 2.27. The first-order valence-electron chi connectivity index (χ1n) is 7.14. The minimum Gasteiger partial charge on any atom is -0.481 e. The molecule has 0 radical (unpaired) electrons. The zero-order chi connectivity index (χ0) is 16.8. The number of carbonyl (C=O) groups excluding carboxylic acids is 1. The Balaban J connectivity index is 2.28. The van der Waals surface area contributed by atoms with Crippen molar-refractivity contribution in [3.63, 3.8) is 0 Å². The van der Waals surface area contributed by atoms with E-state index in [0.717, 1.165) is 0 Å². The van der Waals surface area contributed by atoms with Gasteiger partial charge in [-0.25, -0.2) is 0 Å². The summed E-state index contributed by atoms with van der Waals surface area (Å²) in [6.07, 6.45) is 1.61. The summed E-state index contributed by atoms with van der Waals surface area (Å²) in [5, 5.41) is 0.0888. The van der Waals surface area contributed by atoms with E-state index in [4.69, 9.17) is 9.47 Å². The van der Waals surface area contributed by atoms with Gasteiger partial charge in [-0.3, -0.25) is 9.78 Å². The Morgan fingerprint density at radius 3 is 2.26 bits per heavy atom. The molecule has 6 nitrogen and oxygen atoms in total. The first kappa shape index (κ1) is 17.2. The van der Waals surface area contributed by atoms with Crippen LogP contribution in [0.5, 0.6) is 11.8 Å². The zero-order valence-corrected chi connectivity index (χ0v) is 14.3. The Bertz CT molecular complexity index is 643. The van der Waals surface area contributed by atoms with Gasteiger partial charge in [0.1, 0.15) is 5.69 Å². The lowest BCUT2D eigenvalue weighted by Crippen LogP contribution is -2.24. The van der Waals surface area contributed by atoms with Crippen molar-refractivity contribution < 1.29 is 14.3 Å². The lowest BCUT2D eigenvalue weighted by molar-refractivity contribution is 0.0970. The third-order valence-corrected chi connectivity index (χ3v) is 4.50. The summed E-state index contributed by atoms with van der Waals surface area (Å²) in [4.78, 5) is 25.4. The number of ketones is 1. The lowest BCUT2D eigenvalue weighted by Gasteiger charge is -2.18. The number of ether oxygens (including phenoxy) is 2. The van der Waals surface area contributed by atoms with Crippen LogP contribution in [0.2, 0.25) is 0 Å². The summed E-state index contributed by atoms with van der Waals surface area (Å²) in [6, 6.07) is 6.89. The number of carbonyl (C=O) groups is 1. The molecular formula is C16H19N3O3S. The van der Waals surface area contributed by atoms with Crippen LogP contribution < -0.4 is 9.47 Å². The molecule has 0 spiro atoms. The number of hydrogen-bond donors (Lipinski definition) is 0. The van der Waals surface area contributed by atoms with Crippen LogP contribution in [-0.2, 0) is 0 Å². The SMILES string of the molecule is COc1cc(OC)nc(SC(C(=O)c2ccccn2)C(C)C)n1. The van der Waals surface area contributed by atoms with Gasteiger partial charge in [-0.1, -0.05) is 31.7 Å². The summed E-state index contributed by atoms with van der Waals surface area (Å²) in [6.45, 7) is 3.96. The van der Waals surface area contributed by atoms with Crippen molar-refractivity contribution in [1.82, 2.24) is 15.0 Å². The van der Waals surface area contributed by atoms with Crippen LogP contribution in [0.25, 0.3) is 0 Å². The fourth-order valence-corrected chi connectivity index (χ4v) is 2.92. The predicted molar refractivity (Wildman–Crippen MR) is 88.2 cm³/mol. The number of hydrogen-bond acceptors (Lipinski definition) is 7. The van der Waals surface area contributed by atoms with Crippen molar-refractivity contribution >= 4 is 17.5 Å². The topological polar surface area (TPSA) is 74.2 Å². The van der Waals surface area contributed by atoms with Crippen molar-refractivity contribution in [3.8, 4) is 11.8 Å². The van der Waals surface area contributed by atoms with Crippen LogP contribution in [0.3, 0.4) is 0 Å². The van der Waals surface area contributed by atoms with Crippen LogP contribution in [0, 0.1) is 5.92 Å². The number of Topliss-reactive ketones (excluding diaryl/α,β-unsaturated/α-hetero) is 1. The van der Waals surface area contributed by atoms with Crippen LogP contribution in [-0.4, -0.2) is 40.2 Å². The molecule has 0 aliphatic rings. The third kappa shape index (κ3) is 4.41. The van der Waals surface area contributed by atoms with Crippen LogP contribution in [0.1, 0.15) is 24.3 Å². The smallest absolute Gasteiger partial charge is 0.220 e. The normalized spacial score (nSPS) is 12.0. The zero-order valence-electron chi connectivity index (χ0n) is 13.5. The van der Waals surface area contributed by atoms with E-state index in [0.29, 0.717) is 22.6 Å². The molecule has 2 aromatic heterocycles. The molecular weight excluding hydrogens is 314 g/mol. The van der Waals surface area contributed by atoms with Gasteiger partial charge < -0.3 is 9.47 Å². The summed E-state index contributed by atoms with van der Waals surface area (Å²) in [7, 11) is 3.05. The fourth-order valence-electron chi connectivity index (χ4n) is 1.91. The van der Waals surface area contributed by atoms with Gasteiger partial charge in [0.2, 0.25) is 11.8 Å². The van der Waals surface area contributed by atoms with Gasteiger partial charge in [0.05, 0.1) is 25.5 Å². The number of pyridine rings is 1. The molecule has 1 atom stereocenters. The fraction of sp³-hybridized carbons (Fsp3) is 0.375. The largest absolute Gasteiger partial charge is 0.481 e. The average Bonchev–Trinajstić information content (AvgIpc) is 2.59. The minimum atomic E-state index is -0.346. The lowest BCUT2D eigenvalue weighted by atomic mass is 10.0. The molecule has 0 saturated heterocycles. The van der Waals surface area contributed by atoms with E-state index in [2.05, 4.69) is 15.0 Å². The maximum atomic E-state index is 12.7. The quantitative estimate of drug-likeness (QED) is 0.438. The van der Waals surface area contributed by atoms with E-state index in [1.807, 2.05) is 13.8 Å². The Labute approximate surface area is 139 Å². The molecule has 0 aliphatic carbocycles. The van der Waals surface area contributed by atoms with Crippen LogP contribution in [0.4, 0.5) is 0 Å². The maximum absolute atomic E-state index is 12.7. The highest BCUT2D eigenvalue weighted by atomic mass is 32.2. The van der Waals surface area contributed by atoms with Crippen molar-refractivity contribution in [1.29, 1.82) is 0 Å². The molecule has 2 rings (SSSR count). The van der Waals surface area contributed by atoms with E-state index < -0.39 is 0 Å². The second-order valence-electron chi connectivity index (χ2n) is 5.10. The van der Waals surface area contributed by atoms with E-state index in [9.17, 15) is 4.79 Å². The highest BCUT2D eigenvalue weighted by Crippen LogP contribution is 2.30. The van der Waals surface area contributed by atoms with Gasteiger partial charge >= 0.3 is 0 Å². The molecule has 0 N–H and O–H groups in total. The molecule has 0 bridgehead atoms. The first-order chi connectivity index (χ1) is 11.0. The molecule has 2 heterocycles. The van der Waals surface area contributed by atoms with E-state index >= 15 is 0 Å². The molecule has 23 heavy (non-hydrogen) atoms. The third-order valence-electron chi connectivity index (χ3n) is 3.09. The molecule has 0 aliphatic heterocycles. The van der Waals surface area contributed by atoms with Gasteiger partial charge in [-0.2, -0.15) is 9.97 Å². The van der Waals surface area contributed by atoms with Gasteiger partial charge in [0.25, 0.3) is 0 Å². The standard InChI is InChI=1S/C16H19N3O3S/c1-10(2)15(14(20)11-7-5-6-8-17-11)23-16-18-12(21-3)9-13(19-16)22-4/h5-10,15H,1-4H3. The highest BCUT2D eigenvalue weighted by molar-refractivity contribution is 8.00. The molecule has 0 fully saturated rings. The molecule has 0 aromatic carbocycles. The maximum Gasteiger partial charge on any atom is 0.220 e. The second-order valence-corrected chi connectivity index (χ2v) is 6.21.